The number of carbonyl (C=O) groups is 1. The summed E-state index contributed by atoms with van der Waals surface area (Å²) in [7, 11) is 1.88. The molecule has 1 amide bonds. The van der Waals surface area contributed by atoms with E-state index in [2.05, 4.69) is 23.1 Å². The van der Waals surface area contributed by atoms with Crippen molar-refractivity contribution in [2.75, 3.05) is 38.3 Å². The van der Waals surface area contributed by atoms with Crippen molar-refractivity contribution in [3.8, 4) is 0 Å². The highest BCUT2D eigenvalue weighted by Gasteiger charge is 2.37. The molecule has 3 rings (SSSR count). The molecule has 0 spiro atoms. The molecule has 0 aromatic heterocycles. The summed E-state index contributed by atoms with van der Waals surface area (Å²) < 4.78 is 5.45. The van der Waals surface area contributed by atoms with Crippen LogP contribution in [0.5, 0.6) is 0 Å². The van der Waals surface area contributed by atoms with Gasteiger partial charge in [0.15, 0.2) is 0 Å². The van der Waals surface area contributed by atoms with Gasteiger partial charge >= 0.3 is 0 Å². The fourth-order valence-corrected chi connectivity index (χ4v) is 3.86. The fraction of sp³-hybridized carbons (Fsp3) is 0.632. The van der Waals surface area contributed by atoms with E-state index in [1.54, 1.807) is 0 Å². The molecule has 1 saturated heterocycles. The maximum Gasteiger partial charge on any atom is 0.242 e. The molecule has 1 aliphatic heterocycles. The molecule has 1 aliphatic carbocycles. The van der Waals surface area contributed by atoms with Crippen LogP contribution < -0.4 is 10.6 Å². The largest absolute Gasteiger partial charge is 0.378 e. The molecule has 1 aromatic rings. The number of likely N-dealkylation sites (N-methyl/N-ethyl adjacent to an activating group) is 1. The lowest BCUT2D eigenvalue weighted by molar-refractivity contribution is -0.137. The van der Waals surface area contributed by atoms with Crippen molar-refractivity contribution in [1.82, 2.24) is 4.90 Å². The number of morpholine rings is 1. The number of hydrogen-bond acceptors (Lipinski definition) is 4. The van der Waals surface area contributed by atoms with Crippen LogP contribution in [0.2, 0.25) is 0 Å². The summed E-state index contributed by atoms with van der Waals surface area (Å²) >= 11 is 0. The molecule has 5 nitrogen and oxygen atoms in total. The number of carbonyl (C=O) groups excluding carboxylic acids is 1. The molecule has 132 valence electrons. The van der Waals surface area contributed by atoms with Gasteiger partial charge in [-0.1, -0.05) is 37.5 Å². The van der Waals surface area contributed by atoms with Crippen molar-refractivity contribution in [3.05, 3.63) is 29.8 Å². The number of rotatable bonds is 4. The second kappa shape index (κ2) is 7.53. The molecule has 0 atom stereocenters. The summed E-state index contributed by atoms with van der Waals surface area (Å²) in [4.78, 5) is 17.0. The monoisotopic (exact) mass is 331 g/mol. The highest BCUT2D eigenvalue weighted by molar-refractivity contribution is 5.86. The molecule has 0 unspecified atom stereocenters. The van der Waals surface area contributed by atoms with E-state index in [0.717, 1.165) is 52.0 Å². The van der Waals surface area contributed by atoms with Gasteiger partial charge in [-0.3, -0.25) is 4.79 Å². The van der Waals surface area contributed by atoms with Crippen molar-refractivity contribution in [3.63, 3.8) is 0 Å². The Bertz CT molecular complexity index is 563. The van der Waals surface area contributed by atoms with Crippen molar-refractivity contribution in [2.24, 2.45) is 5.73 Å². The van der Waals surface area contributed by atoms with Crippen LogP contribution in [0, 0.1) is 0 Å². The maximum atomic E-state index is 12.9. The van der Waals surface area contributed by atoms with Gasteiger partial charge in [-0.25, -0.2) is 0 Å². The van der Waals surface area contributed by atoms with Gasteiger partial charge < -0.3 is 20.3 Å². The lowest BCUT2D eigenvalue weighted by atomic mass is 9.81. The second-order valence-electron chi connectivity index (χ2n) is 7.11. The first-order valence-electron chi connectivity index (χ1n) is 9.05. The van der Waals surface area contributed by atoms with E-state index >= 15 is 0 Å². The number of anilines is 1. The van der Waals surface area contributed by atoms with Crippen molar-refractivity contribution in [1.29, 1.82) is 0 Å². The van der Waals surface area contributed by atoms with E-state index in [9.17, 15) is 4.79 Å². The first-order valence-corrected chi connectivity index (χ1v) is 9.05. The minimum Gasteiger partial charge on any atom is -0.378 e. The first-order chi connectivity index (χ1) is 11.6. The third-order valence-electron chi connectivity index (χ3n) is 5.27. The molecule has 1 heterocycles. The predicted octanol–water partition coefficient (Wildman–Crippen LogP) is 2.14. The summed E-state index contributed by atoms with van der Waals surface area (Å²) in [5, 5.41) is 0. The van der Waals surface area contributed by atoms with Crippen LogP contribution in [0.15, 0.2) is 24.3 Å². The summed E-state index contributed by atoms with van der Waals surface area (Å²) in [5.41, 5.74) is 8.13. The van der Waals surface area contributed by atoms with E-state index < -0.39 is 5.54 Å². The summed E-state index contributed by atoms with van der Waals surface area (Å²) in [6, 6.07) is 8.34. The number of para-hydroxylation sites is 1. The minimum absolute atomic E-state index is 0.0824. The molecular weight excluding hydrogens is 302 g/mol. The van der Waals surface area contributed by atoms with Gasteiger partial charge in [0.1, 0.15) is 0 Å². The van der Waals surface area contributed by atoms with Crippen LogP contribution >= 0.6 is 0 Å². The third kappa shape index (κ3) is 3.73. The first kappa shape index (κ1) is 17.2. The standard InChI is InChI=1S/C19H29N3O2/c1-21(18(23)19(20)9-5-2-6-10-19)15-16-7-3-4-8-17(16)22-11-13-24-14-12-22/h3-4,7-8H,2,5-6,9-15,20H2,1H3. The van der Waals surface area contributed by atoms with Gasteiger partial charge in [0.05, 0.1) is 18.8 Å². The van der Waals surface area contributed by atoms with Gasteiger partial charge in [-0.2, -0.15) is 0 Å². The second-order valence-corrected chi connectivity index (χ2v) is 7.11. The van der Waals surface area contributed by atoms with Gasteiger partial charge in [0.2, 0.25) is 5.91 Å². The topological polar surface area (TPSA) is 58.8 Å². The Morgan fingerprint density at radius 3 is 2.58 bits per heavy atom. The Morgan fingerprint density at radius 1 is 1.21 bits per heavy atom. The van der Waals surface area contributed by atoms with Crippen LogP contribution in [-0.2, 0) is 16.1 Å². The molecular formula is C19H29N3O2. The van der Waals surface area contributed by atoms with Crippen LogP contribution in [0.4, 0.5) is 5.69 Å². The zero-order chi connectivity index (χ0) is 17.0. The SMILES string of the molecule is CN(Cc1ccccc1N1CCOCC1)C(=O)C1(N)CCCCC1. The number of nitrogens with zero attached hydrogens (tertiary/aromatic N) is 2. The Hall–Kier alpha value is -1.59. The normalized spacial score (nSPS) is 20.7. The van der Waals surface area contributed by atoms with E-state index in [4.69, 9.17) is 10.5 Å². The van der Waals surface area contributed by atoms with Crippen molar-refractivity contribution < 1.29 is 9.53 Å². The number of ether oxygens (including phenoxy) is 1. The Labute approximate surface area is 144 Å². The van der Waals surface area contributed by atoms with E-state index in [-0.39, 0.29) is 5.91 Å². The lowest BCUT2D eigenvalue weighted by Gasteiger charge is -2.36. The molecule has 0 radical (unpaired) electrons. The number of amides is 1. The highest BCUT2D eigenvalue weighted by Crippen LogP contribution is 2.29. The molecule has 0 bridgehead atoms. The van der Waals surface area contributed by atoms with Gasteiger partial charge in [0, 0.05) is 32.4 Å². The summed E-state index contributed by atoms with van der Waals surface area (Å²) in [6.45, 7) is 3.92. The van der Waals surface area contributed by atoms with Gasteiger partial charge in [-0.05, 0) is 24.5 Å². The van der Waals surface area contributed by atoms with Gasteiger partial charge in [0.25, 0.3) is 0 Å². The fourth-order valence-electron chi connectivity index (χ4n) is 3.86. The Morgan fingerprint density at radius 2 is 1.88 bits per heavy atom. The number of benzene rings is 1. The predicted molar refractivity (Wildman–Crippen MR) is 96.0 cm³/mol. The number of nitrogens with two attached hydrogens (primary N) is 1. The van der Waals surface area contributed by atoms with Crippen LogP contribution in [0.3, 0.4) is 0 Å². The maximum absolute atomic E-state index is 12.9. The van der Waals surface area contributed by atoms with E-state index in [1.165, 1.54) is 17.7 Å². The van der Waals surface area contributed by atoms with Crippen molar-refractivity contribution in [2.45, 2.75) is 44.2 Å². The average Bonchev–Trinajstić information content (AvgIpc) is 2.63. The molecule has 24 heavy (non-hydrogen) atoms. The quantitative estimate of drug-likeness (QED) is 0.918. The average molecular weight is 331 g/mol. The van der Waals surface area contributed by atoms with Crippen LogP contribution in [-0.4, -0.2) is 49.7 Å². The summed E-state index contributed by atoms with van der Waals surface area (Å²) in [5.74, 6) is 0.0824. The third-order valence-corrected chi connectivity index (χ3v) is 5.27. The molecule has 5 heteroatoms. The zero-order valence-electron chi connectivity index (χ0n) is 14.7. The van der Waals surface area contributed by atoms with Crippen molar-refractivity contribution >= 4 is 11.6 Å². The molecule has 2 aliphatic rings. The van der Waals surface area contributed by atoms with Crippen LogP contribution in [0.25, 0.3) is 0 Å². The highest BCUT2D eigenvalue weighted by atomic mass is 16.5. The zero-order valence-corrected chi connectivity index (χ0v) is 14.7. The summed E-state index contributed by atoms with van der Waals surface area (Å²) in [6.07, 6.45) is 4.92. The molecule has 2 fully saturated rings. The minimum atomic E-state index is -0.666. The molecule has 1 aromatic carbocycles. The lowest BCUT2D eigenvalue weighted by Crippen LogP contribution is -2.55. The molecule has 2 N–H and O–H groups in total. The molecule has 1 saturated carbocycles. The Balaban J connectivity index is 1.72. The van der Waals surface area contributed by atoms with Crippen LogP contribution in [0.1, 0.15) is 37.7 Å². The number of hydrogen-bond donors (Lipinski definition) is 1. The van der Waals surface area contributed by atoms with Gasteiger partial charge in [-0.15, -0.1) is 0 Å². The smallest absolute Gasteiger partial charge is 0.242 e. The van der Waals surface area contributed by atoms with E-state index in [0.29, 0.717) is 6.54 Å². The van der Waals surface area contributed by atoms with E-state index in [1.807, 2.05) is 18.0 Å². The Kier molecular flexibility index (Phi) is 5.41.